The van der Waals surface area contributed by atoms with Gasteiger partial charge in [0.2, 0.25) is 0 Å². The zero-order chi connectivity index (χ0) is 17.3. The third-order valence-electron chi connectivity index (χ3n) is 3.76. The van der Waals surface area contributed by atoms with E-state index in [-0.39, 0.29) is 5.56 Å². The first-order valence-corrected chi connectivity index (χ1v) is 7.87. The van der Waals surface area contributed by atoms with Crippen molar-refractivity contribution in [3.8, 4) is 0 Å². The summed E-state index contributed by atoms with van der Waals surface area (Å²) < 4.78 is 3.68. The van der Waals surface area contributed by atoms with E-state index < -0.39 is 11.7 Å². The fraction of sp³-hybridized carbons (Fsp3) is 0.278. The van der Waals surface area contributed by atoms with E-state index in [0.717, 1.165) is 17.4 Å². The molecule has 3 rings (SSSR count). The second-order valence-electron chi connectivity index (χ2n) is 6.32. The first-order valence-electron chi connectivity index (χ1n) is 7.87. The Kier molecular flexibility index (Phi) is 4.20. The van der Waals surface area contributed by atoms with E-state index in [1.807, 2.05) is 30.5 Å². The van der Waals surface area contributed by atoms with E-state index in [1.165, 1.54) is 17.1 Å². The maximum Gasteiger partial charge on any atom is 0.296 e. The Bertz CT molecular complexity index is 905. The minimum Gasteiger partial charge on any atom is -0.347 e. The molecule has 0 radical (unpaired) electrons. The first-order chi connectivity index (χ1) is 11.4. The van der Waals surface area contributed by atoms with Crippen molar-refractivity contribution in [3.63, 3.8) is 0 Å². The average molecular weight is 324 g/mol. The molecule has 6 heteroatoms. The number of Topliss-reactive ketones (excluding diaryl/α,β-unsaturated/α-hetero) is 1. The number of hydrogen-bond donors (Lipinski definition) is 1. The Labute approximate surface area is 140 Å². The molecule has 1 amide bonds. The quantitative estimate of drug-likeness (QED) is 0.579. The number of ketones is 1. The number of benzene rings is 1. The molecule has 0 aliphatic heterocycles. The maximum absolute atomic E-state index is 12.1. The topological polar surface area (TPSA) is 68.9 Å². The minimum absolute atomic E-state index is 0.277. The average Bonchev–Trinajstić information content (AvgIpc) is 3.12. The van der Waals surface area contributed by atoms with E-state index in [0.29, 0.717) is 11.6 Å². The molecule has 124 valence electrons. The van der Waals surface area contributed by atoms with Gasteiger partial charge in [-0.3, -0.25) is 14.3 Å². The number of rotatable bonds is 5. The van der Waals surface area contributed by atoms with Crippen molar-refractivity contribution in [2.75, 3.05) is 5.32 Å². The number of amides is 1. The van der Waals surface area contributed by atoms with Gasteiger partial charge in [0.05, 0.1) is 11.8 Å². The Morgan fingerprint density at radius 3 is 2.71 bits per heavy atom. The van der Waals surface area contributed by atoms with Crippen LogP contribution in [-0.4, -0.2) is 26.0 Å². The lowest BCUT2D eigenvalue weighted by Gasteiger charge is -2.09. The third-order valence-corrected chi connectivity index (χ3v) is 3.76. The lowest BCUT2D eigenvalue weighted by molar-refractivity contribution is -0.112. The molecule has 2 aromatic heterocycles. The van der Waals surface area contributed by atoms with Gasteiger partial charge in [-0.25, -0.2) is 0 Å². The molecule has 2 heterocycles. The van der Waals surface area contributed by atoms with Crippen LogP contribution < -0.4 is 5.32 Å². The standard InChI is InChI=1S/C18H20N4O2/c1-12(2)10-22-7-6-13-8-15(4-5-16(13)22)20-18(24)17(23)14-9-19-21(3)11-14/h4-9,11-12H,10H2,1-3H3,(H,20,24). The van der Waals surface area contributed by atoms with Crippen LogP contribution in [0.5, 0.6) is 0 Å². The second kappa shape index (κ2) is 6.31. The van der Waals surface area contributed by atoms with Crippen LogP contribution >= 0.6 is 0 Å². The molecular formula is C18H20N4O2. The zero-order valence-electron chi connectivity index (χ0n) is 14.0. The van der Waals surface area contributed by atoms with Crippen molar-refractivity contribution in [1.82, 2.24) is 14.3 Å². The summed E-state index contributed by atoms with van der Waals surface area (Å²) in [4.78, 5) is 24.2. The highest BCUT2D eigenvalue weighted by Gasteiger charge is 2.18. The summed E-state index contributed by atoms with van der Waals surface area (Å²) >= 11 is 0. The van der Waals surface area contributed by atoms with Crippen molar-refractivity contribution < 1.29 is 9.59 Å². The molecule has 0 saturated carbocycles. The summed E-state index contributed by atoms with van der Waals surface area (Å²) in [6.07, 6.45) is 4.95. The van der Waals surface area contributed by atoms with Gasteiger partial charge in [-0.05, 0) is 30.2 Å². The number of hydrogen-bond acceptors (Lipinski definition) is 3. The van der Waals surface area contributed by atoms with Crippen molar-refractivity contribution in [3.05, 3.63) is 48.4 Å². The molecular weight excluding hydrogens is 304 g/mol. The number of nitrogens with zero attached hydrogens (tertiary/aromatic N) is 3. The molecule has 0 aliphatic carbocycles. The smallest absolute Gasteiger partial charge is 0.296 e. The molecule has 0 aliphatic rings. The lowest BCUT2D eigenvalue weighted by Crippen LogP contribution is -2.22. The second-order valence-corrected chi connectivity index (χ2v) is 6.32. The molecule has 0 fully saturated rings. The monoisotopic (exact) mass is 324 g/mol. The van der Waals surface area contributed by atoms with Gasteiger partial charge in [0, 0.05) is 42.6 Å². The van der Waals surface area contributed by atoms with Gasteiger partial charge in [0.1, 0.15) is 0 Å². The summed E-state index contributed by atoms with van der Waals surface area (Å²) in [6, 6.07) is 7.66. The van der Waals surface area contributed by atoms with E-state index in [2.05, 4.69) is 28.8 Å². The van der Waals surface area contributed by atoms with Crippen molar-refractivity contribution in [2.24, 2.45) is 13.0 Å². The number of aromatic nitrogens is 3. The number of carbonyl (C=O) groups excluding carboxylic acids is 2. The van der Waals surface area contributed by atoms with Crippen LogP contribution in [0.25, 0.3) is 10.9 Å². The van der Waals surface area contributed by atoms with Gasteiger partial charge in [-0.15, -0.1) is 0 Å². The molecule has 0 saturated heterocycles. The van der Waals surface area contributed by atoms with E-state index in [1.54, 1.807) is 7.05 Å². The van der Waals surface area contributed by atoms with Gasteiger partial charge < -0.3 is 9.88 Å². The normalized spacial score (nSPS) is 11.2. The molecule has 0 spiro atoms. The Morgan fingerprint density at radius 2 is 2.04 bits per heavy atom. The minimum atomic E-state index is -0.663. The number of aryl methyl sites for hydroxylation is 1. The van der Waals surface area contributed by atoms with Gasteiger partial charge >= 0.3 is 0 Å². The van der Waals surface area contributed by atoms with Crippen molar-refractivity contribution in [2.45, 2.75) is 20.4 Å². The fourth-order valence-corrected chi connectivity index (χ4v) is 2.69. The highest BCUT2D eigenvalue weighted by molar-refractivity contribution is 6.46. The Balaban J connectivity index is 1.78. The van der Waals surface area contributed by atoms with Crippen LogP contribution in [0.4, 0.5) is 5.69 Å². The van der Waals surface area contributed by atoms with Crippen LogP contribution in [-0.2, 0) is 18.4 Å². The largest absolute Gasteiger partial charge is 0.347 e. The van der Waals surface area contributed by atoms with Gasteiger partial charge in [-0.1, -0.05) is 13.8 Å². The molecule has 3 aromatic rings. The SMILES string of the molecule is CC(C)Cn1ccc2cc(NC(=O)C(=O)c3cnn(C)c3)ccc21. The molecule has 1 aromatic carbocycles. The lowest BCUT2D eigenvalue weighted by atomic mass is 10.2. The van der Waals surface area contributed by atoms with Gasteiger partial charge in [0.15, 0.2) is 0 Å². The summed E-state index contributed by atoms with van der Waals surface area (Å²) in [7, 11) is 1.70. The summed E-state index contributed by atoms with van der Waals surface area (Å²) in [6.45, 7) is 5.28. The fourth-order valence-electron chi connectivity index (χ4n) is 2.69. The van der Waals surface area contributed by atoms with Crippen LogP contribution in [0.15, 0.2) is 42.9 Å². The van der Waals surface area contributed by atoms with E-state index >= 15 is 0 Å². The highest BCUT2D eigenvalue weighted by Crippen LogP contribution is 2.21. The summed E-state index contributed by atoms with van der Waals surface area (Å²) in [5.74, 6) is -0.707. The van der Waals surface area contributed by atoms with Crippen LogP contribution in [0.3, 0.4) is 0 Å². The number of nitrogens with one attached hydrogen (secondary N) is 1. The van der Waals surface area contributed by atoms with E-state index in [4.69, 9.17) is 0 Å². The van der Waals surface area contributed by atoms with Crippen LogP contribution in [0, 0.1) is 5.92 Å². The van der Waals surface area contributed by atoms with Gasteiger partial charge in [-0.2, -0.15) is 5.10 Å². The Hall–Kier alpha value is -2.89. The predicted molar refractivity (Wildman–Crippen MR) is 92.9 cm³/mol. The molecule has 1 N–H and O–H groups in total. The predicted octanol–water partition coefficient (Wildman–Crippen LogP) is 2.85. The summed E-state index contributed by atoms with van der Waals surface area (Å²) in [5, 5.41) is 7.59. The van der Waals surface area contributed by atoms with Crippen LogP contribution in [0.1, 0.15) is 24.2 Å². The summed E-state index contributed by atoms with van der Waals surface area (Å²) in [5.41, 5.74) is 1.99. The Morgan fingerprint density at radius 1 is 1.25 bits per heavy atom. The van der Waals surface area contributed by atoms with E-state index in [9.17, 15) is 9.59 Å². The molecule has 0 atom stereocenters. The maximum atomic E-state index is 12.1. The molecule has 6 nitrogen and oxygen atoms in total. The number of anilines is 1. The number of fused-ring (bicyclic) bond motifs is 1. The molecule has 0 unspecified atom stereocenters. The van der Waals surface area contributed by atoms with Crippen LogP contribution in [0.2, 0.25) is 0 Å². The van der Waals surface area contributed by atoms with Crippen molar-refractivity contribution in [1.29, 1.82) is 0 Å². The van der Waals surface area contributed by atoms with Crippen molar-refractivity contribution >= 4 is 28.3 Å². The molecule has 0 bridgehead atoms. The van der Waals surface area contributed by atoms with Gasteiger partial charge in [0.25, 0.3) is 11.7 Å². The molecule has 24 heavy (non-hydrogen) atoms. The highest BCUT2D eigenvalue weighted by atomic mass is 16.2. The first kappa shape index (κ1) is 16.0. The zero-order valence-corrected chi connectivity index (χ0v) is 14.0. The number of carbonyl (C=O) groups is 2. The third kappa shape index (κ3) is 3.22.